The minimum Gasteiger partial charge on any atom is -0.348 e. The second-order valence-electron chi connectivity index (χ2n) is 3.87. The Kier molecular flexibility index (Phi) is 4.46. The Bertz CT molecular complexity index is 494. The van der Waals surface area contributed by atoms with Gasteiger partial charge in [-0.2, -0.15) is 13.2 Å². The lowest BCUT2D eigenvalue weighted by atomic mass is 9.96. The van der Waals surface area contributed by atoms with Crippen LogP contribution in [-0.4, -0.2) is 42.6 Å². The lowest BCUT2D eigenvalue weighted by molar-refractivity contribution is -0.176. The summed E-state index contributed by atoms with van der Waals surface area (Å²) in [5.41, 5.74) is 0. The molecule has 0 N–H and O–H groups in total. The molecule has 1 aromatic rings. The maximum atomic E-state index is 12.5. The molecule has 0 aromatic carbocycles. The number of alkyl halides is 3. The minimum atomic E-state index is -5.23. The first-order valence-electron chi connectivity index (χ1n) is 5.06. The zero-order chi connectivity index (χ0) is 14.8. The van der Waals surface area contributed by atoms with Crippen molar-refractivity contribution in [3.63, 3.8) is 0 Å². The molecule has 0 aliphatic rings. The zero-order valence-electron chi connectivity index (χ0n) is 10.0. The van der Waals surface area contributed by atoms with Gasteiger partial charge in [-0.15, -0.1) is 11.3 Å². The highest BCUT2D eigenvalue weighted by Gasteiger charge is 2.50. The van der Waals surface area contributed by atoms with Crippen LogP contribution in [0.25, 0.3) is 0 Å². The van der Waals surface area contributed by atoms with E-state index < -0.39 is 29.6 Å². The quantitative estimate of drug-likeness (QED) is 0.628. The number of carbonyl (C=O) groups is 3. The summed E-state index contributed by atoms with van der Waals surface area (Å²) in [6.45, 7) is 0. The van der Waals surface area contributed by atoms with E-state index in [1.807, 2.05) is 0 Å². The van der Waals surface area contributed by atoms with Gasteiger partial charge in [-0.3, -0.25) is 14.4 Å². The summed E-state index contributed by atoms with van der Waals surface area (Å²) in [4.78, 5) is 35.5. The highest BCUT2D eigenvalue weighted by atomic mass is 32.1. The van der Waals surface area contributed by atoms with Gasteiger partial charge in [-0.05, 0) is 11.4 Å². The highest BCUT2D eigenvalue weighted by molar-refractivity contribution is 7.12. The molecule has 1 heterocycles. The molecule has 1 atom stereocenters. The Balaban J connectivity index is 3.17. The smallest absolute Gasteiger partial charge is 0.348 e. The predicted octanol–water partition coefficient (Wildman–Crippen LogP) is 1.77. The number of hydrogen-bond donors (Lipinski definition) is 0. The van der Waals surface area contributed by atoms with Gasteiger partial charge in [0.15, 0.2) is 11.7 Å². The molecule has 0 aliphatic carbocycles. The summed E-state index contributed by atoms with van der Waals surface area (Å²) in [7, 11) is 2.36. The van der Waals surface area contributed by atoms with Gasteiger partial charge in [0, 0.05) is 14.1 Å². The van der Waals surface area contributed by atoms with Crippen LogP contribution in [-0.2, 0) is 9.59 Å². The molecule has 0 saturated carbocycles. The summed E-state index contributed by atoms with van der Waals surface area (Å²) < 4.78 is 37.4. The van der Waals surface area contributed by atoms with E-state index in [9.17, 15) is 27.6 Å². The van der Waals surface area contributed by atoms with Crippen molar-refractivity contribution < 1.29 is 27.6 Å². The van der Waals surface area contributed by atoms with Crippen LogP contribution >= 0.6 is 11.3 Å². The molecule has 19 heavy (non-hydrogen) atoms. The second kappa shape index (κ2) is 5.52. The van der Waals surface area contributed by atoms with Crippen molar-refractivity contribution in [2.75, 3.05) is 14.1 Å². The molecule has 0 saturated heterocycles. The van der Waals surface area contributed by atoms with Gasteiger partial charge in [0.2, 0.25) is 5.91 Å². The number of nitrogens with zero attached hydrogens (tertiary/aromatic N) is 1. The number of halogens is 3. The summed E-state index contributed by atoms with van der Waals surface area (Å²) in [6.07, 6.45) is -5.23. The van der Waals surface area contributed by atoms with Crippen molar-refractivity contribution in [2.24, 2.45) is 5.92 Å². The molecule has 0 bridgehead atoms. The molecule has 1 amide bonds. The molecular formula is C11H10F3NO3S. The molecule has 8 heteroatoms. The van der Waals surface area contributed by atoms with E-state index in [0.29, 0.717) is 0 Å². The summed E-state index contributed by atoms with van der Waals surface area (Å²) >= 11 is 0.877. The fraction of sp³-hybridized carbons (Fsp3) is 0.364. The molecule has 1 aromatic heterocycles. The second-order valence-corrected chi connectivity index (χ2v) is 4.82. The van der Waals surface area contributed by atoms with E-state index in [-0.39, 0.29) is 4.88 Å². The van der Waals surface area contributed by atoms with Crippen LogP contribution in [0.2, 0.25) is 0 Å². The van der Waals surface area contributed by atoms with Crippen molar-refractivity contribution in [1.29, 1.82) is 0 Å². The van der Waals surface area contributed by atoms with Crippen molar-refractivity contribution in [3.8, 4) is 0 Å². The lowest BCUT2D eigenvalue weighted by Crippen LogP contribution is -2.44. The maximum absolute atomic E-state index is 12.5. The van der Waals surface area contributed by atoms with Gasteiger partial charge in [-0.25, -0.2) is 0 Å². The number of thiophene rings is 1. The molecule has 4 nitrogen and oxygen atoms in total. The lowest BCUT2D eigenvalue weighted by Gasteiger charge is -2.19. The van der Waals surface area contributed by atoms with E-state index >= 15 is 0 Å². The van der Waals surface area contributed by atoms with Gasteiger partial charge >= 0.3 is 6.18 Å². The summed E-state index contributed by atoms with van der Waals surface area (Å²) in [5, 5.41) is 1.47. The Morgan fingerprint density at radius 2 is 1.84 bits per heavy atom. The first kappa shape index (κ1) is 15.4. The van der Waals surface area contributed by atoms with Crippen LogP contribution in [0.4, 0.5) is 13.2 Å². The van der Waals surface area contributed by atoms with E-state index in [2.05, 4.69) is 0 Å². The fourth-order valence-electron chi connectivity index (χ4n) is 1.33. The standard InChI is InChI=1S/C11H10F3NO3S/c1-15(2)10(18)7(9(17)11(12,13)14)8(16)6-4-3-5-19-6/h3-5,7H,1-2H3. The Morgan fingerprint density at radius 1 is 1.26 bits per heavy atom. The van der Waals surface area contributed by atoms with E-state index in [4.69, 9.17) is 0 Å². The number of ketones is 2. The zero-order valence-corrected chi connectivity index (χ0v) is 10.8. The molecule has 0 spiro atoms. The third-order valence-corrected chi connectivity index (χ3v) is 3.14. The number of rotatable bonds is 4. The highest BCUT2D eigenvalue weighted by Crippen LogP contribution is 2.25. The summed E-state index contributed by atoms with van der Waals surface area (Å²) in [6, 6.07) is 2.72. The third kappa shape index (κ3) is 3.40. The van der Waals surface area contributed by atoms with Gasteiger partial charge < -0.3 is 4.90 Å². The molecule has 0 aliphatic heterocycles. The van der Waals surface area contributed by atoms with Gasteiger partial charge in [0.05, 0.1) is 4.88 Å². The van der Waals surface area contributed by atoms with Gasteiger partial charge in [0.1, 0.15) is 0 Å². The number of carbonyl (C=O) groups excluding carboxylic acids is 3. The molecule has 104 valence electrons. The average molecular weight is 293 g/mol. The Labute approximate surface area is 110 Å². The molecular weight excluding hydrogens is 283 g/mol. The number of Topliss-reactive ketones (excluding diaryl/α,β-unsaturated/α-hetero) is 2. The van der Waals surface area contributed by atoms with Crippen LogP contribution in [0.15, 0.2) is 17.5 Å². The number of amides is 1. The van der Waals surface area contributed by atoms with Crippen molar-refractivity contribution in [2.45, 2.75) is 6.18 Å². The Morgan fingerprint density at radius 3 is 2.21 bits per heavy atom. The Hall–Kier alpha value is -1.70. The van der Waals surface area contributed by atoms with Crippen molar-refractivity contribution >= 4 is 28.8 Å². The molecule has 1 unspecified atom stereocenters. The van der Waals surface area contributed by atoms with Crippen LogP contribution in [0, 0.1) is 5.92 Å². The van der Waals surface area contributed by atoms with Gasteiger partial charge in [-0.1, -0.05) is 6.07 Å². The van der Waals surface area contributed by atoms with Crippen LogP contribution in [0.3, 0.4) is 0 Å². The van der Waals surface area contributed by atoms with Crippen LogP contribution in [0.1, 0.15) is 9.67 Å². The molecule has 0 fully saturated rings. The van der Waals surface area contributed by atoms with Crippen molar-refractivity contribution in [1.82, 2.24) is 4.90 Å². The maximum Gasteiger partial charge on any atom is 0.451 e. The third-order valence-electron chi connectivity index (χ3n) is 2.26. The molecule has 1 rings (SSSR count). The fourth-order valence-corrected chi connectivity index (χ4v) is 2.02. The summed E-state index contributed by atoms with van der Waals surface area (Å²) in [5.74, 6) is -7.02. The SMILES string of the molecule is CN(C)C(=O)C(C(=O)c1cccs1)C(=O)C(F)(F)F. The van der Waals surface area contributed by atoms with E-state index in [1.165, 1.54) is 31.6 Å². The number of hydrogen-bond acceptors (Lipinski definition) is 4. The van der Waals surface area contributed by atoms with E-state index in [0.717, 1.165) is 16.2 Å². The normalized spacial score (nSPS) is 12.9. The predicted molar refractivity (Wildman–Crippen MR) is 61.9 cm³/mol. The molecule has 0 radical (unpaired) electrons. The first-order chi connectivity index (χ1) is 8.66. The minimum absolute atomic E-state index is 0.0576. The van der Waals surface area contributed by atoms with Gasteiger partial charge in [0.25, 0.3) is 5.78 Å². The van der Waals surface area contributed by atoms with Crippen molar-refractivity contribution in [3.05, 3.63) is 22.4 Å². The first-order valence-corrected chi connectivity index (χ1v) is 5.94. The topological polar surface area (TPSA) is 54.5 Å². The largest absolute Gasteiger partial charge is 0.451 e. The van der Waals surface area contributed by atoms with Crippen LogP contribution in [0.5, 0.6) is 0 Å². The van der Waals surface area contributed by atoms with Crippen LogP contribution < -0.4 is 0 Å². The van der Waals surface area contributed by atoms with E-state index in [1.54, 1.807) is 0 Å². The monoisotopic (exact) mass is 293 g/mol. The average Bonchev–Trinajstić information content (AvgIpc) is 2.80.